The van der Waals surface area contributed by atoms with Crippen molar-refractivity contribution in [3.63, 3.8) is 0 Å². The second-order valence-electron chi connectivity index (χ2n) is 8.42. The highest BCUT2D eigenvalue weighted by Crippen LogP contribution is 2.47. The Bertz CT molecular complexity index is 939. The van der Waals surface area contributed by atoms with Gasteiger partial charge in [-0.3, -0.25) is 14.8 Å². The lowest BCUT2D eigenvalue weighted by atomic mass is 10.0. The number of anilines is 1. The van der Waals surface area contributed by atoms with Crippen LogP contribution in [-0.4, -0.2) is 55.9 Å². The Morgan fingerprint density at radius 1 is 1.37 bits per heavy atom. The lowest BCUT2D eigenvalue weighted by molar-refractivity contribution is -0.115. The molecule has 0 radical (unpaired) electrons. The van der Waals surface area contributed by atoms with Gasteiger partial charge in [0.05, 0.1) is 19.2 Å². The SMILES string of the molecule is COc1cccc(CC(=O)Nc2cc(C3CCC(N(C(=O)O)C4(C)CC4)C3)[nH]n2)n1. The molecule has 0 bridgehead atoms. The van der Waals surface area contributed by atoms with Crippen LogP contribution in [0.3, 0.4) is 0 Å². The summed E-state index contributed by atoms with van der Waals surface area (Å²) >= 11 is 0. The number of rotatable bonds is 7. The van der Waals surface area contributed by atoms with Crippen molar-refractivity contribution in [1.82, 2.24) is 20.1 Å². The number of aromatic nitrogens is 3. The van der Waals surface area contributed by atoms with E-state index in [4.69, 9.17) is 4.74 Å². The van der Waals surface area contributed by atoms with Gasteiger partial charge in [-0.25, -0.2) is 9.78 Å². The molecule has 2 aliphatic carbocycles. The summed E-state index contributed by atoms with van der Waals surface area (Å²) in [7, 11) is 1.53. The number of H-pyrrole nitrogens is 1. The Kier molecular flexibility index (Phi) is 5.36. The van der Waals surface area contributed by atoms with Gasteiger partial charge < -0.3 is 15.2 Å². The Hall–Kier alpha value is -3.10. The highest BCUT2D eigenvalue weighted by molar-refractivity contribution is 5.91. The smallest absolute Gasteiger partial charge is 0.408 e. The number of hydrogen-bond acceptors (Lipinski definition) is 5. The van der Waals surface area contributed by atoms with E-state index in [1.54, 1.807) is 23.1 Å². The summed E-state index contributed by atoms with van der Waals surface area (Å²) in [5.41, 5.74) is 1.34. The lowest BCUT2D eigenvalue weighted by Gasteiger charge is -2.32. The quantitative estimate of drug-likeness (QED) is 0.641. The van der Waals surface area contributed by atoms with Crippen molar-refractivity contribution in [2.45, 2.75) is 62.9 Å². The first-order chi connectivity index (χ1) is 14.4. The first-order valence-electron chi connectivity index (χ1n) is 10.3. The third-order valence-electron chi connectivity index (χ3n) is 6.17. The normalized spacial score (nSPS) is 21.8. The first-order valence-corrected chi connectivity index (χ1v) is 10.3. The summed E-state index contributed by atoms with van der Waals surface area (Å²) in [5.74, 6) is 0.924. The Labute approximate surface area is 174 Å². The maximum absolute atomic E-state index is 12.3. The second kappa shape index (κ2) is 7.97. The molecule has 0 saturated heterocycles. The van der Waals surface area contributed by atoms with E-state index in [-0.39, 0.29) is 29.8 Å². The number of ether oxygens (including phenoxy) is 1. The number of carboxylic acid groups (broad SMARTS) is 1. The highest BCUT2D eigenvalue weighted by Gasteiger charge is 2.50. The third-order valence-corrected chi connectivity index (χ3v) is 6.17. The van der Waals surface area contributed by atoms with Gasteiger partial charge >= 0.3 is 6.09 Å². The van der Waals surface area contributed by atoms with Crippen LogP contribution < -0.4 is 10.1 Å². The number of pyridine rings is 1. The van der Waals surface area contributed by atoms with Gasteiger partial charge in [-0.05, 0) is 45.1 Å². The first kappa shape index (κ1) is 20.2. The van der Waals surface area contributed by atoms with Crippen LogP contribution in [0.25, 0.3) is 0 Å². The molecule has 160 valence electrons. The zero-order chi connectivity index (χ0) is 21.3. The van der Waals surface area contributed by atoms with E-state index < -0.39 is 6.09 Å². The van der Waals surface area contributed by atoms with Crippen molar-refractivity contribution in [3.05, 3.63) is 35.7 Å². The molecule has 4 rings (SSSR count). The van der Waals surface area contributed by atoms with Crippen LogP contribution in [0, 0.1) is 0 Å². The number of carbonyl (C=O) groups excluding carboxylic acids is 1. The minimum absolute atomic E-state index is 0.0282. The van der Waals surface area contributed by atoms with Crippen LogP contribution in [0.1, 0.15) is 56.3 Å². The minimum Gasteiger partial charge on any atom is -0.481 e. The van der Waals surface area contributed by atoms with E-state index in [0.717, 1.165) is 37.8 Å². The molecular formula is C21H27N5O4. The largest absolute Gasteiger partial charge is 0.481 e. The van der Waals surface area contributed by atoms with Gasteiger partial charge in [0.25, 0.3) is 0 Å². The van der Waals surface area contributed by atoms with Gasteiger partial charge in [0.15, 0.2) is 5.82 Å². The molecule has 9 nitrogen and oxygen atoms in total. The van der Waals surface area contributed by atoms with Crippen molar-refractivity contribution in [2.24, 2.45) is 0 Å². The summed E-state index contributed by atoms with van der Waals surface area (Å²) in [6.45, 7) is 2.02. The number of nitrogens with one attached hydrogen (secondary N) is 2. The second-order valence-corrected chi connectivity index (χ2v) is 8.42. The van der Waals surface area contributed by atoms with E-state index >= 15 is 0 Å². The van der Waals surface area contributed by atoms with Gasteiger partial charge in [0.1, 0.15) is 0 Å². The monoisotopic (exact) mass is 413 g/mol. The molecule has 30 heavy (non-hydrogen) atoms. The summed E-state index contributed by atoms with van der Waals surface area (Å²) in [5, 5.41) is 19.7. The summed E-state index contributed by atoms with van der Waals surface area (Å²) < 4.78 is 5.08. The van der Waals surface area contributed by atoms with Gasteiger partial charge in [-0.1, -0.05) is 6.07 Å². The molecule has 2 aromatic heterocycles. The van der Waals surface area contributed by atoms with Crippen LogP contribution in [0.15, 0.2) is 24.3 Å². The van der Waals surface area contributed by atoms with E-state index in [9.17, 15) is 14.7 Å². The van der Waals surface area contributed by atoms with E-state index in [0.29, 0.717) is 17.4 Å². The molecule has 2 amide bonds. The minimum atomic E-state index is -0.829. The Morgan fingerprint density at radius 3 is 2.87 bits per heavy atom. The summed E-state index contributed by atoms with van der Waals surface area (Å²) in [4.78, 5) is 30.0. The van der Waals surface area contributed by atoms with E-state index in [1.807, 2.05) is 13.0 Å². The average molecular weight is 413 g/mol. The number of aromatic amines is 1. The number of carbonyl (C=O) groups is 2. The fourth-order valence-corrected chi connectivity index (χ4v) is 4.36. The topological polar surface area (TPSA) is 120 Å². The van der Waals surface area contributed by atoms with Crippen LogP contribution in [0.5, 0.6) is 5.88 Å². The molecule has 2 heterocycles. The Morgan fingerprint density at radius 2 is 2.17 bits per heavy atom. The number of amides is 2. The van der Waals surface area contributed by atoms with Crippen molar-refractivity contribution in [3.8, 4) is 5.88 Å². The average Bonchev–Trinajstić information content (AvgIpc) is 3.09. The molecular weight excluding hydrogens is 386 g/mol. The zero-order valence-electron chi connectivity index (χ0n) is 17.2. The molecule has 2 fully saturated rings. The van der Waals surface area contributed by atoms with Crippen LogP contribution >= 0.6 is 0 Å². The molecule has 2 saturated carbocycles. The molecule has 0 spiro atoms. The molecule has 2 unspecified atom stereocenters. The number of methoxy groups -OCH3 is 1. The van der Waals surface area contributed by atoms with Crippen molar-refractivity contribution in [2.75, 3.05) is 12.4 Å². The Balaban J connectivity index is 1.35. The lowest BCUT2D eigenvalue weighted by Crippen LogP contribution is -2.45. The molecule has 2 aromatic rings. The van der Waals surface area contributed by atoms with Crippen LogP contribution in [0.4, 0.5) is 10.6 Å². The van der Waals surface area contributed by atoms with Crippen molar-refractivity contribution in [1.29, 1.82) is 0 Å². The maximum atomic E-state index is 12.3. The fourth-order valence-electron chi connectivity index (χ4n) is 4.36. The summed E-state index contributed by atoms with van der Waals surface area (Å²) in [6.07, 6.45) is 3.67. The molecule has 0 aliphatic heterocycles. The molecule has 2 atom stereocenters. The van der Waals surface area contributed by atoms with Gasteiger partial charge in [-0.2, -0.15) is 5.10 Å². The van der Waals surface area contributed by atoms with Crippen LogP contribution in [0.2, 0.25) is 0 Å². The predicted molar refractivity (Wildman–Crippen MR) is 110 cm³/mol. The number of hydrogen-bond donors (Lipinski definition) is 3. The zero-order valence-corrected chi connectivity index (χ0v) is 17.2. The van der Waals surface area contributed by atoms with E-state index in [1.165, 1.54) is 7.11 Å². The number of nitrogens with zero attached hydrogens (tertiary/aromatic N) is 3. The van der Waals surface area contributed by atoms with Crippen LogP contribution in [-0.2, 0) is 11.2 Å². The molecule has 9 heteroatoms. The predicted octanol–water partition coefficient (Wildman–Crippen LogP) is 3.16. The molecule has 2 aliphatic rings. The fraction of sp³-hybridized carbons (Fsp3) is 0.524. The maximum Gasteiger partial charge on any atom is 0.408 e. The van der Waals surface area contributed by atoms with Gasteiger partial charge in [-0.15, -0.1) is 0 Å². The van der Waals surface area contributed by atoms with Crippen molar-refractivity contribution >= 4 is 17.8 Å². The summed E-state index contributed by atoms with van der Waals surface area (Å²) in [6, 6.07) is 7.16. The highest BCUT2D eigenvalue weighted by atomic mass is 16.5. The molecule has 0 aromatic carbocycles. The molecule has 3 N–H and O–H groups in total. The van der Waals surface area contributed by atoms with Gasteiger partial charge in [0.2, 0.25) is 11.8 Å². The standard InChI is InChI=1S/C21H27N5O4/c1-21(8-9-21)26(20(28)29)15-7-6-13(10-15)16-12-17(25-24-16)23-18(27)11-14-4-3-5-19(22-14)30-2/h3-5,12-13,15H,6-11H2,1-2H3,(H,28,29)(H2,23,24,25,27). The van der Waals surface area contributed by atoms with E-state index in [2.05, 4.69) is 20.5 Å². The van der Waals surface area contributed by atoms with Gasteiger partial charge in [0, 0.05) is 35.3 Å². The van der Waals surface area contributed by atoms with Crippen molar-refractivity contribution < 1.29 is 19.4 Å². The third kappa shape index (κ3) is 4.24.